The molecule has 1 amide bonds. The zero-order valence-corrected chi connectivity index (χ0v) is 15.1. The summed E-state index contributed by atoms with van der Waals surface area (Å²) in [6.07, 6.45) is 1.92. The first kappa shape index (κ1) is 16.6. The second kappa shape index (κ2) is 6.77. The van der Waals surface area contributed by atoms with Crippen LogP contribution in [-0.4, -0.2) is 27.5 Å². The lowest BCUT2D eigenvalue weighted by Gasteiger charge is -2.10. The lowest BCUT2D eigenvalue weighted by Crippen LogP contribution is -2.10. The van der Waals surface area contributed by atoms with Gasteiger partial charge in [-0.2, -0.15) is 0 Å². The third kappa shape index (κ3) is 2.91. The zero-order valence-electron chi connectivity index (χ0n) is 13.5. The fraction of sp³-hybridized carbons (Fsp3) is 0.0588. The van der Waals surface area contributed by atoms with Gasteiger partial charge in [0.15, 0.2) is 9.35 Å². The summed E-state index contributed by atoms with van der Waals surface area (Å²) in [5, 5.41) is 13.4. The van der Waals surface area contributed by atoms with Gasteiger partial charge in [-0.3, -0.25) is 4.79 Å². The number of nitrogens with zero attached hydrogens (tertiary/aromatic N) is 3. The van der Waals surface area contributed by atoms with E-state index in [9.17, 15) is 4.79 Å². The van der Waals surface area contributed by atoms with Gasteiger partial charge < -0.3 is 15.0 Å². The molecule has 0 atom stereocenters. The first-order valence-electron chi connectivity index (χ1n) is 7.50. The van der Waals surface area contributed by atoms with Crippen molar-refractivity contribution in [2.45, 2.75) is 4.34 Å². The second-order valence-electron chi connectivity index (χ2n) is 5.20. The molecule has 0 saturated heterocycles. The highest BCUT2D eigenvalue weighted by Gasteiger charge is 2.24. The van der Waals surface area contributed by atoms with Gasteiger partial charge in [-0.1, -0.05) is 46.5 Å². The number of carbonyl (C=O) groups is 1. The predicted octanol–water partition coefficient (Wildman–Crippen LogP) is 3.96. The number of hydrogen-bond acceptors (Lipinski definition) is 8. The van der Waals surface area contributed by atoms with E-state index in [0.717, 1.165) is 4.34 Å². The molecule has 26 heavy (non-hydrogen) atoms. The van der Waals surface area contributed by atoms with E-state index in [2.05, 4.69) is 15.4 Å². The summed E-state index contributed by atoms with van der Waals surface area (Å²) in [5.74, 6) is 0.424. The van der Waals surface area contributed by atoms with E-state index in [-0.39, 0.29) is 5.76 Å². The second-order valence-corrected chi connectivity index (χ2v) is 7.23. The number of fused-ring (bicyclic) bond motifs is 1. The minimum atomic E-state index is -0.708. The summed E-state index contributed by atoms with van der Waals surface area (Å²) < 4.78 is 12.0. The molecule has 0 aliphatic heterocycles. The molecule has 2 aromatic heterocycles. The molecule has 0 bridgehead atoms. The lowest BCUT2D eigenvalue weighted by molar-refractivity contribution is 0.0967. The van der Waals surface area contributed by atoms with Crippen molar-refractivity contribution in [1.29, 1.82) is 0 Å². The molecule has 130 valence electrons. The maximum absolute atomic E-state index is 11.8. The molecule has 7 nitrogen and oxygen atoms in total. The average molecular weight is 384 g/mol. The molecule has 4 aromatic rings. The Labute approximate surface area is 156 Å². The van der Waals surface area contributed by atoms with Crippen LogP contribution in [0.25, 0.3) is 21.5 Å². The summed E-state index contributed by atoms with van der Waals surface area (Å²) in [7, 11) is 0. The SMILES string of the molecule is CSc1nnc(-c2c(Oc3ccccc3)ccc3noc(C(N)=O)c23)s1. The number of rotatable bonds is 5. The topological polar surface area (TPSA) is 104 Å². The van der Waals surface area contributed by atoms with Crippen LogP contribution in [0.3, 0.4) is 0 Å². The monoisotopic (exact) mass is 384 g/mol. The van der Waals surface area contributed by atoms with E-state index >= 15 is 0 Å². The predicted molar refractivity (Wildman–Crippen MR) is 99.7 cm³/mol. The van der Waals surface area contributed by atoms with Crippen LogP contribution in [0.4, 0.5) is 0 Å². The summed E-state index contributed by atoms with van der Waals surface area (Å²) in [6.45, 7) is 0. The summed E-state index contributed by atoms with van der Waals surface area (Å²) >= 11 is 2.87. The molecule has 2 heterocycles. The van der Waals surface area contributed by atoms with Crippen LogP contribution in [-0.2, 0) is 0 Å². The van der Waals surface area contributed by atoms with Gasteiger partial charge >= 0.3 is 0 Å². The van der Waals surface area contributed by atoms with E-state index in [0.29, 0.717) is 33.0 Å². The van der Waals surface area contributed by atoms with Gasteiger partial charge in [-0.25, -0.2) is 0 Å². The standard InChI is InChI=1S/C17H12N4O3S2/c1-25-17-20-19-16(26-17)13-11(23-9-5-3-2-4-6-9)8-7-10-12(13)14(15(18)22)24-21-10/h2-8H,1H3,(H2,18,22). The molecule has 0 aliphatic carbocycles. The third-order valence-electron chi connectivity index (χ3n) is 3.60. The van der Waals surface area contributed by atoms with Crippen molar-refractivity contribution >= 4 is 39.9 Å². The van der Waals surface area contributed by atoms with E-state index in [1.54, 1.807) is 12.1 Å². The van der Waals surface area contributed by atoms with Gasteiger partial charge in [0.2, 0.25) is 5.76 Å². The van der Waals surface area contributed by atoms with Crippen LogP contribution >= 0.6 is 23.1 Å². The fourth-order valence-electron chi connectivity index (χ4n) is 2.49. The maximum atomic E-state index is 11.8. The van der Waals surface area contributed by atoms with Crippen molar-refractivity contribution < 1.29 is 14.1 Å². The summed E-state index contributed by atoms with van der Waals surface area (Å²) in [5.41, 5.74) is 6.53. The van der Waals surface area contributed by atoms with Crippen molar-refractivity contribution in [3.8, 4) is 22.1 Å². The number of carbonyl (C=O) groups excluding carboxylic acids is 1. The first-order valence-corrected chi connectivity index (χ1v) is 9.54. The largest absolute Gasteiger partial charge is 0.457 e. The zero-order chi connectivity index (χ0) is 18.1. The number of benzene rings is 2. The normalized spacial score (nSPS) is 11.0. The Balaban J connectivity index is 1.97. The van der Waals surface area contributed by atoms with Crippen molar-refractivity contribution in [2.75, 3.05) is 6.26 Å². The molecular formula is C17H12N4O3S2. The number of primary amides is 1. The van der Waals surface area contributed by atoms with Crippen molar-refractivity contribution in [3.63, 3.8) is 0 Å². The molecule has 0 fully saturated rings. The summed E-state index contributed by atoms with van der Waals surface area (Å²) in [4.78, 5) is 11.8. The van der Waals surface area contributed by atoms with Crippen LogP contribution in [0, 0.1) is 0 Å². The Morgan fingerprint density at radius 2 is 2.00 bits per heavy atom. The Bertz CT molecular complexity index is 1090. The fourth-order valence-corrected chi connectivity index (χ4v) is 3.82. The van der Waals surface area contributed by atoms with Crippen LogP contribution in [0.2, 0.25) is 0 Å². The first-order chi connectivity index (χ1) is 12.7. The highest BCUT2D eigenvalue weighted by molar-refractivity contribution is 8.00. The molecule has 0 unspecified atom stereocenters. The lowest BCUT2D eigenvalue weighted by atomic mass is 10.1. The van der Waals surface area contributed by atoms with E-state index in [1.165, 1.54) is 23.1 Å². The van der Waals surface area contributed by atoms with Gasteiger partial charge in [-0.05, 0) is 30.5 Å². The van der Waals surface area contributed by atoms with Gasteiger partial charge in [0.1, 0.15) is 17.0 Å². The van der Waals surface area contributed by atoms with E-state index < -0.39 is 5.91 Å². The average Bonchev–Trinajstić information content (AvgIpc) is 3.29. The molecule has 0 radical (unpaired) electrons. The van der Waals surface area contributed by atoms with Gasteiger partial charge in [0.05, 0.1) is 10.9 Å². The molecule has 9 heteroatoms. The number of amides is 1. The van der Waals surface area contributed by atoms with Crippen molar-refractivity contribution in [3.05, 3.63) is 48.2 Å². The Morgan fingerprint density at radius 3 is 2.69 bits per heavy atom. The minimum absolute atomic E-state index is 0.0330. The smallest absolute Gasteiger partial charge is 0.288 e. The van der Waals surface area contributed by atoms with E-state index in [1.807, 2.05) is 36.6 Å². The minimum Gasteiger partial charge on any atom is -0.457 e. The Morgan fingerprint density at radius 1 is 1.19 bits per heavy atom. The molecule has 2 aromatic carbocycles. The molecule has 0 aliphatic rings. The third-order valence-corrected chi connectivity index (χ3v) is 5.51. The molecule has 0 saturated carbocycles. The van der Waals surface area contributed by atoms with Crippen LogP contribution in [0.5, 0.6) is 11.5 Å². The summed E-state index contributed by atoms with van der Waals surface area (Å²) in [6, 6.07) is 12.8. The molecule has 4 rings (SSSR count). The number of ether oxygens (including phenoxy) is 1. The number of hydrogen-bond donors (Lipinski definition) is 1. The maximum Gasteiger partial charge on any atom is 0.288 e. The quantitative estimate of drug-likeness (QED) is 0.519. The van der Waals surface area contributed by atoms with Gasteiger partial charge in [0.25, 0.3) is 5.91 Å². The van der Waals surface area contributed by atoms with Gasteiger partial charge in [0, 0.05) is 0 Å². The molecular weight excluding hydrogens is 372 g/mol. The Hall–Kier alpha value is -2.91. The van der Waals surface area contributed by atoms with Crippen molar-refractivity contribution in [1.82, 2.24) is 15.4 Å². The molecule has 0 spiro atoms. The molecule has 2 N–H and O–H groups in total. The van der Waals surface area contributed by atoms with Gasteiger partial charge in [-0.15, -0.1) is 10.2 Å². The highest BCUT2D eigenvalue weighted by atomic mass is 32.2. The number of nitrogens with two attached hydrogens (primary N) is 1. The number of thioether (sulfide) groups is 1. The van der Waals surface area contributed by atoms with E-state index in [4.69, 9.17) is 15.0 Å². The number of aromatic nitrogens is 3. The van der Waals surface area contributed by atoms with Crippen LogP contribution < -0.4 is 10.5 Å². The number of para-hydroxylation sites is 1. The highest BCUT2D eigenvalue weighted by Crippen LogP contribution is 2.42. The Kier molecular flexibility index (Phi) is 4.31. The van der Waals surface area contributed by atoms with Crippen molar-refractivity contribution in [2.24, 2.45) is 5.73 Å². The van der Waals surface area contributed by atoms with Crippen LogP contribution in [0.15, 0.2) is 51.3 Å². The van der Waals surface area contributed by atoms with Crippen LogP contribution in [0.1, 0.15) is 10.6 Å².